The van der Waals surface area contributed by atoms with Gasteiger partial charge in [-0.05, 0) is 48.9 Å². The molecule has 0 saturated carbocycles. The average molecular weight is 583 g/mol. The van der Waals surface area contributed by atoms with Crippen LogP contribution in [0.3, 0.4) is 0 Å². The number of carbonyl (C=O) groups excluding carboxylic acids is 2. The Balaban J connectivity index is 1.11. The van der Waals surface area contributed by atoms with E-state index >= 15 is 0 Å². The molecule has 43 heavy (non-hydrogen) atoms. The summed E-state index contributed by atoms with van der Waals surface area (Å²) in [6, 6.07) is 18.0. The van der Waals surface area contributed by atoms with Crippen LogP contribution < -0.4 is 10.5 Å². The van der Waals surface area contributed by atoms with Gasteiger partial charge >= 0.3 is 11.9 Å². The smallest absolute Gasteiger partial charge is 0.355 e. The van der Waals surface area contributed by atoms with Crippen LogP contribution in [0.15, 0.2) is 65.5 Å². The number of benzene rings is 2. The molecule has 1 atom stereocenters. The number of para-hydroxylation sites is 1. The average Bonchev–Trinajstić information content (AvgIpc) is 3.39. The van der Waals surface area contributed by atoms with Gasteiger partial charge in [0, 0.05) is 54.9 Å². The zero-order valence-corrected chi connectivity index (χ0v) is 23.8. The third-order valence-electron chi connectivity index (χ3n) is 8.87. The number of nitrogens with zero attached hydrogens (tertiary/aromatic N) is 4. The summed E-state index contributed by atoms with van der Waals surface area (Å²) in [5, 5.41) is 0.985. The van der Waals surface area contributed by atoms with E-state index in [0.717, 1.165) is 48.3 Å². The Hall–Kier alpha value is -4.57. The lowest BCUT2D eigenvalue weighted by atomic mass is 9.85. The molecule has 0 N–H and O–H groups in total. The second kappa shape index (κ2) is 10.6. The molecule has 3 aliphatic rings. The van der Waals surface area contributed by atoms with Crippen molar-refractivity contribution in [2.45, 2.75) is 38.5 Å². The molecule has 0 radical (unpaired) electrons. The first-order chi connectivity index (χ1) is 20.9. The molecule has 2 aromatic carbocycles. The number of esters is 2. The summed E-state index contributed by atoms with van der Waals surface area (Å²) in [5.41, 5.74) is 2.72. The molecule has 0 aliphatic carbocycles. The highest BCUT2D eigenvalue weighted by Crippen LogP contribution is 2.41. The van der Waals surface area contributed by atoms with Gasteiger partial charge in [0.15, 0.2) is 0 Å². The number of aromatic nitrogens is 2. The third-order valence-corrected chi connectivity index (χ3v) is 8.87. The maximum atomic E-state index is 13.7. The predicted molar refractivity (Wildman–Crippen MR) is 158 cm³/mol. The molecule has 7 rings (SSSR count). The van der Waals surface area contributed by atoms with E-state index in [1.54, 1.807) is 29.7 Å². The van der Waals surface area contributed by atoms with Crippen LogP contribution in [0.5, 0.6) is 0 Å². The minimum atomic E-state index is -1.71. The molecule has 3 aliphatic heterocycles. The second-order valence-electron chi connectivity index (χ2n) is 11.3. The van der Waals surface area contributed by atoms with Crippen molar-refractivity contribution in [3.05, 3.63) is 93.5 Å². The fourth-order valence-electron chi connectivity index (χ4n) is 6.46. The Morgan fingerprint density at radius 2 is 1.81 bits per heavy atom. The first-order valence-electron chi connectivity index (χ1n) is 14.6. The summed E-state index contributed by atoms with van der Waals surface area (Å²) in [6.45, 7) is 5.39. The predicted octanol–water partition coefficient (Wildman–Crippen LogP) is 3.98. The van der Waals surface area contributed by atoms with Crippen molar-refractivity contribution >= 4 is 28.5 Å². The molecule has 4 aromatic rings. The minimum absolute atomic E-state index is 0.0845. The molecule has 9 nitrogen and oxygen atoms in total. The summed E-state index contributed by atoms with van der Waals surface area (Å²) in [6.07, 6.45) is 0.211. The Morgan fingerprint density at radius 1 is 1.05 bits per heavy atom. The highest BCUT2D eigenvalue weighted by Gasteiger charge is 2.50. The maximum Gasteiger partial charge on any atom is 0.355 e. The first-order valence-corrected chi connectivity index (χ1v) is 14.6. The number of hydrogen-bond donors (Lipinski definition) is 0. The summed E-state index contributed by atoms with van der Waals surface area (Å²) < 4.78 is 26.4. The lowest BCUT2D eigenvalue weighted by Crippen LogP contribution is -2.49. The Morgan fingerprint density at radius 3 is 2.58 bits per heavy atom. The number of pyridine rings is 2. The Kier molecular flexibility index (Phi) is 6.73. The Bertz CT molecular complexity index is 1810. The quantitative estimate of drug-likeness (QED) is 0.278. The SMILES string of the molecule is CCC1(OC(=O)CCN2CCN(c3ccc(F)cc3)CC2)C(=O)OCc2c1cc1n(c2=O)Cc2cc3ccccc3nc2-1. The van der Waals surface area contributed by atoms with Gasteiger partial charge in [-0.15, -0.1) is 0 Å². The molecular weight excluding hydrogens is 551 g/mol. The summed E-state index contributed by atoms with van der Waals surface area (Å²) in [7, 11) is 0. The van der Waals surface area contributed by atoms with Crippen molar-refractivity contribution in [2.75, 3.05) is 37.6 Å². The zero-order chi connectivity index (χ0) is 29.7. The highest BCUT2D eigenvalue weighted by atomic mass is 19.1. The van der Waals surface area contributed by atoms with Gasteiger partial charge in [0.1, 0.15) is 12.4 Å². The van der Waals surface area contributed by atoms with E-state index in [1.807, 2.05) is 30.3 Å². The van der Waals surface area contributed by atoms with E-state index in [9.17, 15) is 18.8 Å². The van der Waals surface area contributed by atoms with Gasteiger partial charge in [-0.2, -0.15) is 0 Å². The lowest BCUT2D eigenvalue weighted by Gasteiger charge is -2.37. The molecule has 5 heterocycles. The molecule has 1 unspecified atom stereocenters. The van der Waals surface area contributed by atoms with Crippen LogP contribution in [-0.2, 0) is 37.8 Å². The zero-order valence-electron chi connectivity index (χ0n) is 23.8. The van der Waals surface area contributed by atoms with Gasteiger partial charge in [-0.1, -0.05) is 25.1 Å². The van der Waals surface area contributed by atoms with Gasteiger partial charge in [0.2, 0.25) is 5.60 Å². The van der Waals surface area contributed by atoms with Crippen LogP contribution in [0.4, 0.5) is 10.1 Å². The molecular formula is C33H31FN4O5. The van der Waals surface area contributed by atoms with Crippen molar-refractivity contribution < 1.29 is 23.5 Å². The number of ether oxygens (including phenoxy) is 2. The lowest BCUT2D eigenvalue weighted by molar-refractivity contribution is -0.189. The molecule has 0 amide bonds. The maximum absolute atomic E-state index is 13.7. The minimum Gasteiger partial charge on any atom is -0.457 e. The summed E-state index contributed by atoms with van der Waals surface area (Å²) >= 11 is 0. The number of carbonyl (C=O) groups is 2. The monoisotopic (exact) mass is 582 g/mol. The van der Waals surface area contributed by atoms with Crippen molar-refractivity contribution in [3.8, 4) is 11.4 Å². The van der Waals surface area contributed by atoms with E-state index in [2.05, 4.69) is 9.80 Å². The van der Waals surface area contributed by atoms with Crippen LogP contribution in [0.2, 0.25) is 0 Å². The van der Waals surface area contributed by atoms with Gasteiger partial charge in [-0.25, -0.2) is 14.2 Å². The van der Waals surface area contributed by atoms with E-state index in [0.29, 0.717) is 35.6 Å². The summed E-state index contributed by atoms with van der Waals surface area (Å²) in [4.78, 5) is 49.5. The van der Waals surface area contributed by atoms with Crippen molar-refractivity contribution in [1.82, 2.24) is 14.5 Å². The van der Waals surface area contributed by atoms with E-state index in [4.69, 9.17) is 14.5 Å². The van der Waals surface area contributed by atoms with Crippen LogP contribution in [0.25, 0.3) is 22.3 Å². The van der Waals surface area contributed by atoms with E-state index in [-0.39, 0.29) is 30.8 Å². The fraction of sp³-hybridized carbons (Fsp3) is 0.333. The second-order valence-corrected chi connectivity index (χ2v) is 11.3. The molecule has 2 aromatic heterocycles. The molecule has 0 spiro atoms. The number of fused-ring (bicyclic) bond motifs is 5. The van der Waals surface area contributed by atoms with Gasteiger partial charge in [0.25, 0.3) is 5.56 Å². The van der Waals surface area contributed by atoms with Crippen LogP contribution in [0.1, 0.15) is 36.5 Å². The molecule has 220 valence electrons. The van der Waals surface area contributed by atoms with Gasteiger partial charge in [-0.3, -0.25) is 14.5 Å². The highest BCUT2D eigenvalue weighted by molar-refractivity contribution is 5.88. The van der Waals surface area contributed by atoms with Crippen LogP contribution in [-0.4, -0.2) is 59.1 Å². The number of rotatable bonds is 6. The number of cyclic esters (lactones) is 1. The van der Waals surface area contributed by atoms with Crippen molar-refractivity contribution in [1.29, 1.82) is 0 Å². The van der Waals surface area contributed by atoms with Crippen molar-refractivity contribution in [3.63, 3.8) is 0 Å². The number of piperazine rings is 1. The van der Waals surface area contributed by atoms with Gasteiger partial charge in [0.05, 0.1) is 35.4 Å². The topological polar surface area (TPSA) is 94.0 Å². The standard InChI is InChI=1S/C33H31FN4O5/c1-2-33(43-29(39)11-12-36-13-15-37(16-14-36)24-9-7-23(34)8-10-24)26-18-28-30-22(17-21-5-3-4-6-27(21)35-30)19-38(28)31(40)25(26)20-42-32(33)41/h3-10,17-18H,2,11-16,19-20H2,1H3. The number of hydrogen-bond acceptors (Lipinski definition) is 8. The normalized spacial score (nSPS) is 19.5. The van der Waals surface area contributed by atoms with E-state index < -0.39 is 17.5 Å². The van der Waals surface area contributed by atoms with Gasteiger partial charge < -0.3 is 18.9 Å². The van der Waals surface area contributed by atoms with Crippen LogP contribution >= 0.6 is 0 Å². The molecule has 1 saturated heterocycles. The largest absolute Gasteiger partial charge is 0.457 e. The van der Waals surface area contributed by atoms with E-state index in [1.165, 1.54) is 12.1 Å². The molecule has 0 bridgehead atoms. The third kappa shape index (κ3) is 4.66. The molecule has 10 heteroatoms. The molecule has 1 fully saturated rings. The number of halogens is 1. The number of anilines is 1. The Labute approximate surface area is 247 Å². The van der Waals surface area contributed by atoms with Crippen LogP contribution in [0, 0.1) is 5.82 Å². The fourth-order valence-corrected chi connectivity index (χ4v) is 6.46. The first kappa shape index (κ1) is 27.3. The summed E-state index contributed by atoms with van der Waals surface area (Å²) in [5.74, 6) is -1.46. The van der Waals surface area contributed by atoms with Crippen molar-refractivity contribution in [2.24, 2.45) is 0 Å².